The fourth-order valence-electron chi connectivity index (χ4n) is 5.13. The Balaban J connectivity index is 1.35. The van der Waals surface area contributed by atoms with E-state index in [1.165, 1.54) is 0 Å². The van der Waals surface area contributed by atoms with Gasteiger partial charge in [0.1, 0.15) is 18.2 Å². The molecule has 1 aliphatic rings. The van der Waals surface area contributed by atoms with Gasteiger partial charge in [-0.3, -0.25) is 0 Å². The largest absolute Gasteiger partial charge is 0.480 e. The number of hydrazine groups is 1. The van der Waals surface area contributed by atoms with Crippen LogP contribution >= 0.6 is 0 Å². The van der Waals surface area contributed by atoms with E-state index in [1.807, 2.05) is 54.6 Å². The van der Waals surface area contributed by atoms with Crippen molar-refractivity contribution in [1.29, 1.82) is 0 Å². The number of amides is 4. The number of aliphatic carboxylic acids is 1. The van der Waals surface area contributed by atoms with Gasteiger partial charge in [-0.2, -0.15) is 0 Å². The highest BCUT2D eigenvalue weighted by molar-refractivity contribution is 5.84. The van der Waals surface area contributed by atoms with Crippen LogP contribution in [0.1, 0.15) is 62.6 Å². The number of alkyl carbamates (subject to hydrolysis) is 1. The SMILES string of the molecule is CC(C)(C)OC(=O)NCCCCC(NC(=O)N(Cc1ccccc1)NC(=O)OCC1c2ccccc2-c2ccccc21)C(=O)O. The first-order valence-corrected chi connectivity index (χ1v) is 14.9. The van der Waals surface area contributed by atoms with Gasteiger partial charge in [-0.25, -0.2) is 29.6 Å². The molecule has 0 aromatic heterocycles. The molecule has 0 aliphatic heterocycles. The first kappa shape index (κ1) is 32.8. The van der Waals surface area contributed by atoms with Crippen molar-refractivity contribution >= 4 is 24.2 Å². The summed E-state index contributed by atoms with van der Waals surface area (Å²) in [6, 6.07) is 22.9. The number of rotatable bonds is 11. The monoisotopic (exact) mass is 616 g/mol. The topological polar surface area (TPSA) is 146 Å². The van der Waals surface area contributed by atoms with Crippen LogP contribution in [0.2, 0.25) is 0 Å². The molecule has 4 N–H and O–H groups in total. The molecule has 0 saturated carbocycles. The second-order valence-corrected chi connectivity index (χ2v) is 11.8. The normalized spacial score (nSPS) is 12.7. The molecule has 11 nitrogen and oxygen atoms in total. The second-order valence-electron chi connectivity index (χ2n) is 11.8. The van der Waals surface area contributed by atoms with Gasteiger partial charge >= 0.3 is 24.2 Å². The lowest BCUT2D eigenvalue weighted by Gasteiger charge is -2.26. The lowest BCUT2D eigenvalue weighted by atomic mass is 9.98. The summed E-state index contributed by atoms with van der Waals surface area (Å²) in [5, 5.41) is 15.9. The van der Waals surface area contributed by atoms with Crippen LogP contribution in [0.15, 0.2) is 78.9 Å². The molecule has 1 aliphatic carbocycles. The maximum Gasteiger partial charge on any atom is 0.426 e. The zero-order valence-corrected chi connectivity index (χ0v) is 25.7. The average molecular weight is 617 g/mol. The molecule has 4 amide bonds. The van der Waals surface area contributed by atoms with Crippen LogP contribution in [0.5, 0.6) is 0 Å². The fourth-order valence-corrected chi connectivity index (χ4v) is 5.13. The Hall–Kier alpha value is -5.06. The van der Waals surface area contributed by atoms with Gasteiger partial charge in [-0.05, 0) is 67.9 Å². The van der Waals surface area contributed by atoms with Crippen molar-refractivity contribution in [1.82, 2.24) is 21.1 Å². The number of benzene rings is 3. The molecule has 11 heteroatoms. The van der Waals surface area contributed by atoms with Crippen LogP contribution in [0.4, 0.5) is 14.4 Å². The molecule has 0 heterocycles. The number of unbranched alkanes of at least 4 members (excludes halogenated alkanes) is 1. The second kappa shape index (κ2) is 15.1. The Morgan fingerprint density at radius 3 is 2.04 bits per heavy atom. The minimum absolute atomic E-state index is 0.0248. The molecule has 0 spiro atoms. The van der Waals surface area contributed by atoms with Crippen LogP contribution in [-0.4, -0.2) is 59.1 Å². The molecule has 45 heavy (non-hydrogen) atoms. The Labute approximate surface area is 262 Å². The quantitative estimate of drug-likeness (QED) is 0.157. The van der Waals surface area contributed by atoms with E-state index >= 15 is 0 Å². The third-order valence-corrected chi connectivity index (χ3v) is 7.18. The molecule has 0 saturated heterocycles. The van der Waals surface area contributed by atoms with E-state index in [2.05, 4.69) is 16.1 Å². The highest BCUT2D eigenvalue weighted by Gasteiger charge is 2.30. The van der Waals surface area contributed by atoms with Crippen LogP contribution < -0.4 is 16.1 Å². The smallest absolute Gasteiger partial charge is 0.426 e. The molecule has 1 unspecified atom stereocenters. The first-order chi connectivity index (χ1) is 21.5. The Morgan fingerprint density at radius 1 is 0.844 bits per heavy atom. The zero-order chi connectivity index (χ0) is 32.4. The van der Waals surface area contributed by atoms with Crippen molar-refractivity contribution in [3.05, 3.63) is 95.6 Å². The summed E-state index contributed by atoms with van der Waals surface area (Å²) in [6.07, 6.45) is -0.401. The Kier molecular flexibility index (Phi) is 11.0. The van der Waals surface area contributed by atoms with Gasteiger partial charge in [-0.1, -0.05) is 78.9 Å². The summed E-state index contributed by atoms with van der Waals surface area (Å²) >= 11 is 0. The van der Waals surface area contributed by atoms with Crippen molar-refractivity contribution < 1.29 is 33.8 Å². The van der Waals surface area contributed by atoms with E-state index in [4.69, 9.17) is 9.47 Å². The predicted octanol–water partition coefficient (Wildman–Crippen LogP) is 5.80. The third kappa shape index (κ3) is 9.46. The lowest BCUT2D eigenvalue weighted by molar-refractivity contribution is -0.139. The van der Waals surface area contributed by atoms with E-state index in [1.54, 1.807) is 45.0 Å². The first-order valence-electron chi connectivity index (χ1n) is 14.9. The zero-order valence-electron chi connectivity index (χ0n) is 25.7. The van der Waals surface area contributed by atoms with E-state index in [9.17, 15) is 24.3 Å². The predicted molar refractivity (Wildman–Crippen MR) is 168 cm³/mol. The molecule has 0 bridgehead atoms. The summed E-state index contributed by atoms with van der Waals surface area (Å²) in [7, 11) is 0. The number of nitrogens with one attached hydrogen (secondary N) is 3. The maximum atomic E-state index is 13.3. The van der Waals surface area contributed by atoms with Crippen molar-refractivity contribution in [2.24, 2.45) is 0 Å². The number of hydrogen-bond acceptors (Lipinski definition) is 6. The number of ether oxygens (including phenoxy) is 2. The minimum Gasteiger partial charge on any atom is -0.480 e. The summed E-state index contributed by atoms with van der Waals surface area (Å²) in [5.74, 6) is -1.38. The third-order valence-electron chi connectivity index (χ3n) is 7.18. The molecule has 3 aromatic carbocycles. The highest BCUT2D eigenvalue weighted by atomic mass is 16.6. The number of hydrogen-bond donors (Lipinski definition) is 4. The fraction of sp³-hybridized carbons (Fsp3) is 0.353. The number of carbonyl (C=O) groups is 4. The number of nitrogens with zero attached hydrogens (tertiary/aromatic N) is 1. The molecular weight excluding hydrogens is 576 g/mol. The molecule has 238 valence electrons. The number of carboxylic acid groups (broad SMARTS) is 1. The Bertz CT molecular complexity index is 1440. The van der Waals surface area contributed by atoms with Gasteiger partial charge < -0.3 is 25.2 Å². The van der Waals surface area contributed by atoms with Gasteiger partial charge in [0.25, 0.3) is 0 Å². The summed E-state index contributed by atoms with van der Waals surface area (Å²) in [5.41, 5.74) is 6.87. The van der Waals surface area contributed by atoms with Crippen LogP contribution in [0, 0.1) is 0 Å². The van der Waals surface area contributed by atoms with Gasteiger partial charge in [-0.15, -0.1) is 0 Å². The van der Waals surface area contributed by atoms with E-state index < -0.39 is 35.8 Å². The number of fused-ring (bicyclic) bond motifs is 3. The van der Waals surface area contributed by atoms with Crippen LogP contribution in [-0.2, 0) is 20.8 Å². The maximum absolute atomic E-state index is 13.3. The van der Waals surface area contributed by atoms with Crippen molar-refractivity contribution in [3.8, 4) is 11.1 Å². The summed E-state index contributed by atoms with van der Waals surface area (Å²) in [4.78, 5) is 50.1. The highest BCUT2D eigenvalue weighted by Crippen LogP contribution is 2.44. The van der Waals surface area contributed by atoms with Gasteiger partial charge in [0.15, 0.2) is 0 Å². The van der Waals surface area contributed by atoms with E-state index in [0.29, 0.717) is 24.9 Å². The summed E-state index contributed by atoms with van der Waals surface area (Å²) in [6.45, 7) is 5.60. The molecule has 0 radical (unpaired) electrons. The van der Waals surface area contributed by atoms with E-state index in [0.717, 1.165) is 27.3 Å². The standard InChI is InChI=1S/C34H40N4O7/c1-34(2,3)45-32(42)35-20-12-11-19-29(30(39)40)36-31(41)38(21-23-13-5-4-6-14-23)37-33(43)44-22-28-26-17-9-7-15-24(26)25-16-8-10-18-27(25)28/h4-10,13-18,28-29H,11-12,19-22H2,1-3H3,(H,35,42)(H,36,41)(H,37,43)(H,39,40). The van der Waals surface area contributed by atoms with Crippen molar-refractivity contribution in [2.75, 3.05) is 13.2 Å². The van der Waals surface area contributed by atoms with Crippen molar-refractivity contribution in [3.63, 3.8) is 0 Å². The molecule has 1 atom stereocenters. The van der Waals surface area contributed by atoms with Crippen molar-refractivity contribution in [2.45, 2.75) is 64.1 Å². The van der Waals surface area contributed by atoms with Crippen LogP contribution in [0.25, 0.3) is 11.1 Å². The van der Waals surface area contributed by atoms with Gasteiger partial charge in [0.05, 0.1) is 6.54 Å². The van der Waals surface area contributed by atoms with Gasteiger partial charge in [0, 0.05) is 12.5 Å². The number of carbonyl (C=O) groups excluding carboxylic acids is 3. The molecule has 3 aromatic rings. The minimum atomic E-state index is -1.22. The number of carboxylic acids is 1. The number of urea groups is 1. The van der Waals surface area contributed by atoms with Crippen LogP contribution in [0.3, 0.4) is 0 Å². The van der Waals surface area contributed by atoms with Gasteiger partial charge in [0.2, 0.25) is 0 Å². The lowest BCUT2D eigenvalue weighted by Crippen LogP contribution is -2.54. The molecule has 4 rings (SSSR count). The van der Waals surface area contributed by atoms with E-state index in [-0.39, 0.29) is 25.5 Å². The Morgan fingerprint density at radius 2 is 1.44 bits per heavy atom. The average Bonchev–Trinajstić information content (AvgIpc) is 3.32. The molecule has 0 fully saturated rings. The molecular formula is C34H40N4O7. The summed E-state index contributed by atoms with van der Waals surface area (Å²) < 4.78 is 10.8.